The van der Waals surface area contributed by atoms with Gasteiger partial charge in [-0.25, -0.2) is 4.68 Å². The van der Waals surface area contributed by atoms with Crippen LogP contribution in [0.2, 0.25) is 0 Å². The maximum Gasteiger partial charge on any atom is 0.255 e. The fourth-order valence-electron chi connectivity index (χ4n) is 2.25. The number of fused-ring (bicyclic) bond motifs is 1. The topological polar surface area (TPSA) is 59.8 Å². The summed E-state index contributed by atoms with van der Waals surface area (Å²) in [6, 6.07) is 11.4. The zero-order valence-corrected chi connectivity index (χ0v) is 12.2. The van der Waals surface area contributed by atoms with Gasteiger partial charge < -0.3 is 5.32 Å². The minimum absolute atomic E-state index is 0.142. The van der Waals surface area contributed by atoms with E-state index in [0.717, 1.165) is 22.3 Å². The lowest BCUT2D eigenvalue weighted by atomic mass is 10.1. The Morgan fingerprint density at radius 2 is 1.95 bits per heavy atom. The molecule has 1 amide bonds. The van der Waals surface area contributed by atoms with Crippen LogP contribution in [-0.4, -0.2) is 20.9 Å². The fraction of sp³-hybridized carbons (Fsp3) is 0.188. The molecule has 0 fully saturated rings. The van der Waals surface area contributed by atoms with E-state index in [2.05, 4.69) is 15.6 Å². The van der Waals surface area contributed by atoms with Crippen molar-refractivity contribution in [2.45, 2.75) is 13.8 Å². The number of hydrogen-bond acceptors (Lipinski definition) is 3. The lowest BCUT2D eigenvalue weighted by molar-refractivity contribution is 0.102. The van der Waals surface area contributed by atoms with Gasteiger partial charge in [0.1, 0.15) is 5.52 Å². The van der Waals surface area contributed by atoms with Crippen LogP contribution in [0.4, 0.5) is 5.69 Å². The van der Waals surface area contributed by atoms with Crippen LogP contribution < -0.4 is 5.32 Å². The number of carbonyl (C=O) groups excluding carboxylic acids is 1. The van der Waals surface area contributed by atoms with Crippen LogP contribution in [0.25, 0.3) is 11.0 Å². The van der Waals surface area contributed by atoms with E-state index in [1.54, 1.807) is 16.8 Å². The van der Waals surface area contributed by atoms with E-state index in [1.807, 2.05) is 45.2 Å². The number of benzene rings is 2. The van der Waals surface area contributed by atoms with Crippen molar-refractivity contribution in [3.05, 3.63) is 53.1 Å². The highest BCUT2D eigenvalue weighted by Crippen LogP contribution is 2.18. The number of aryl methyl sites for hydroxylation is 3. The Morgan fingerprint density at radius 3 is 2.76 bits per heavy atom. The van der Waals surface area contributed by atoms with E-state index >= 15 is 0 Å². The number of hydrogen-bond donors (Lipinski definition) is 1. The number of rotatable bonds is 2. The van der Waals surface area contributed by atoms with Crippen molar-refractivity contribution < 1.29 is 4.79 Å². The molecular weight excluding hydrogens is 264 g/mol. The largest absolute Gasteiger partial charge is 0.322 e. The van der Waals surface area contributed by atoms with E-state index in [1.165, 1.54) is 0 Å². The molecule has 3 aromatic rings. The Hall–Kier alpha value is -2.69. The molecule has 1 heterocycles. The summed E-state index contributed by atoms with van der Waals surface area (Å²) in [5.74, 6) is -0.142. The molecular formula is C16H16N4O. The highest BCUT2D eigenvalue weighted by Gasteiger charge is 2.10. The van der Waals surface area contributed by atoms with Gasteiger partial charge in [0.25, 0.3) is 5.91 Å². The summed E-state index contributed by atoms with van der Waals surface area (Å²) in [6.07, 6.45) is 0. The number of nitrogens with zero attached hydrogens (tertiary/aromatic N) is 3. The van der Waals surface area contributed by atoms with Crippen molar-refractivity contribution in [3.8, 4) is 0 Å². The molecule has 0 bridgehead atoms. The normalized spacial score (nSPS) is 10.8. The van der Waals surface area contributed by atoms with Gasteiger partial charge in [-0.1, -0.05) is 17.3 Å². The average molecular weight is 280 g/mol. The summed E-state index contributed by atoms with van der Waals surface area (Å²) in [7, 11) is 1.82. The van der Waals surface area contributed by atoms with Gasteiger partial charge in [0, 0.05) is 18.3 Å². The Morgan fingerprint density at radius 1 is 1.14 bits per heavy atom. The monoisotopic (exact) mass is 280 g/mol. The summed E-state index contributed by atoms with van der Waals surface area (Å²) >= 11 is 0. The van der Waals surface area contributed by atoms with Gasteiger partial charge in [0.05, 0.1) is 5.52 Å². The zero-order chi connectivity index (χ0) is 15.0. The molecule has 3 rings (SSSR count). The summed E-state index contributed by atoms with van der Waals surface area (Å²) in [4.78, 5) is 12.4. The highest BCUT2D eigenvalue weighted by atomic mass is 16.1. The first-order valence-electron chi connectivity index (χ1n) is 6.72. The van der Waals surface area contributed by atoms with Gasteiger partial charge in [0.2, 0.25) is 0 Å². The van der Waals surface area contributed by atoms with E-state index in [4.69, 9.17) is 0 Å². The molecule has 0 radical (unpaired) electrons. The zero-order valence-electron chi connectivity index (χ0n) is 12.2. The van der Waals surface area contributed by atoms with E-state index in [-0.39, 0.29) is 5.91 Å². The Bertz CT molecular complexity index is 835. The first kappa shape index (κ1) is 13.3. The maximum atomic E-state index is 12.4. The van der Waals surface area contributed by atoms with Crippen LogP contribution in [0, 0.1) is 13.8 Å². The molecule has 0 unspecified atom stereocenters. The summed E-state index contributed by atoms with van der Waals surface area (Å²) in [6.45, 7) is 3.97. The second-order valence-corrected chi connectivity index (χ2v) is 5.19. The standard InChI is InChI=1S/C16H16N4O/c1-10-4-5-11(2)13(8-10)17-16(21)12-6-7-15-14(9-12)18-19-20(15)3/h4-9H,1-3H3,(H,17,21). The first-order chi connectivity index (χ1) is 10.0. The van der Waals surface area contributed by atoms with Crippen molar-refractivity contribution in [1.82, 2.24) is 15.0 Å². The van der Waals surface area contributed by atoms with Crippen LogP contribution in [-0.2, 0) is 7.05 Å². The number of amides is 1. The van der Waals surface area contributed by atoms with Crippen LogP contribution in [0.15, 0.2) is 36.4 Å². The third kappa shape index (κ3) is 2.50. The van der Waals surface area contributed by atoms with E-state index in [0.29, 0.717) is 11.1 Å². The van der Waals surface area contributed by atoms with Gasteiger partial charge in [-0.05, 0) is 49.2 Å². The van der Waals surface area contributed by atoms with Crippen molar-refractivity contribution in [2.75, 3.05) is 5.32 Å². The van der Waals surface area contributed by atoms with Crippen molar-refractivity contribution in [3.63, 3.8) is 0 Å². The average Bonchev–Trinajstić information content (AvgIpc) is 2.84. The number of aromatic nitrogens is 3. The van der Waals surface area contributed by atoms with Crippen molar-refractivity contribution in [1.29, 1.82) is 0 Å². The molecule has 0 saturated carbocycles. The molecule has 5 heteroatoms. The second kappa shape index (κ2) is 5.01. The predicted octanol–water partition coefficient (Wildman–Crippen LogP) is 2.84. The van der Waals surface area contributed by atoms with E-state index < -0.39 is 0 Å². The first-order valence-corrected chi connectivity index (χ1v) is 6.72. The molecule has 1 aromatic heterocycles. The van der Waals surface area contributed by atoms with Gasteiger partial charge >= 0.3 is 0 Å². The van der Waals surface area contributed by atoms with Gasteiger partial charge in [0.15, 0.2) is 0 Å². The number of anilines is 1. The summed E-state index contributed by atoms with van der Waals surface area (Å²) < 4.78 is 1.68. The fourth-order valence-corrected chi connectivity index (χ4v) is 2.25. The van der Waals surface area contributed by atoms with E-state index in [9.17, 15) is 4.79 Å². The number of nitrogens with one attached hydrogen (secondary N) is 1. The third-order valence-corrected chi connectivity index (χ3v) is 3.51. The Labute approximate surface area is 122 Å². The second-order valence-electron chi connectivity index (χ2n) is 5.19. The molecule has 1 N–H and O–H groups in total. The Balaban J connectivity index is 1.91. The summed E-state index contributed by atoms with van der Waals surface area (Å²) in [5.41, 5.74) is 5.17. The molecule has 0 aliphatic rings. The van der Waals surface area contributed by atoms with Crippen molar-refractivity contribution in [2.24, 2.45) is 7.05 Å². The molecule has 106 valence electrons. The molecule has 0 aliphatic heterocycles. The van der Waals surface area contributed by atoms with Crippen LogP contribution in [0.1, 0.15) is 21.5 Å². The Kier molecular flexibility index (Phi) is 3.17. The van der Waals surface area contributed by atoms with Crippen LogP contribution in [0.5, 0.6) is 0 Å². The van der Waals surface area contributed by atoms with Crippen LogP contribution in [0.3, 0.4) is 0 Å². The maximum absolute atomic E-state index is 12.4. The molecule has 0 saturated heterocycles. The molecule has 21 heavy (non-hydrogen) atoms. The van der Waals surface area contributed by atoms with Crippen molar-refractivity contribution >= 4 is 22.6 Å². The predicted molar refractivity (Wildman–Crippen MR) is 82.4 cm³/mol. The van der Waals surface area contributed by atoms with Gasteiger partial charge in [-0.3, -0.25) is 4.79 Å². The lowest BCUT2D eigenvalue weighted by Crippen LogP contribution is -2.12. The minimum Gasteiger partial charge on any atom is -0.322 e. The minimum atomic E-state index is -0.142. The lowest BCUT2D eigenvalue weighted by Gasteiger charge is -2.09. The van der Waals surface area contributed by atoms with Gasteiger partial charge in [-0.2, -0.15) is 0 Å². The molecule has 5 nitrogen and oxygen atoms in total. The number of carbonyl (C=O) groups is 1. The van der Waals surface area contributed by atoms with Gasteiger partial charge in [-0.15, -0.1) is 5.10 Å². The van der Waals surface area contributed by atoms with Crippen LogP contribution >= 0.6 is 0 Å². The molecule has 0 atom stereocenters. The summed E-state index contributed by atoms with van der Waals surface area (Å²) in [5, 5.41) is 10.9. The smallest absolute Gasteiger partial charge is 0.255 e. The molecule has 0 spiro atoms. The third-order valence-electron chi connectivity index (χ3n) is 3.51. The highest BCUT2D eigenvalue weighted by molar-refractivity contribution is 6.06. The SMILES string of the molecule is Cc1ccc(C)c(NC(=O)c2ccc3c(c2)nnn3C)c1. The quantitative estimate of drug-likeness (QED) is 0.785. The molecule has 0 aliphatic carbocycles. The molecule has 2 aromatic carbocycles.